The molecule has 0 bridgehead atoms. The molecule has 0 amide bonds. The van der Waals surface area contributed by atoms with Gasteiger partial charge in [0.2, 0.25) is 5.95 Å². The van der Waals surface area contributed by atoms with Gasteiger partial charge in [0.25, 0.3) is 0 Å². The average molecular weight is 379 g/mol. The van der Waals surface area contributed by atoms with Crippen molar-refractivity contribution in [1.29, 1.82) is 0 Å². The fraction of sp³-hybridized carbons (Fsp3) is 0.562. The predicted molar refractivity (Wildman–Crippen MR) is 94.6 cm³/mol. The van der Waals surface area contributed by atoms with Crippen molar-refractivity contribution >= 4 is 21.9 Å². The van der Waals surface area contributed by atoms with E-state index in [0.717, 1.165) is 61.8 Å². The van der Waals surface area contributed by atoms with Crippen molar-refractivity contribution in [3.8, 4) is 0 Å². The lowest BCUT2D eigenvalue weighted by Gasteiger charge is -2.34. The Balaban J connectivity index is 1.35. The van der Waals surface area contributed by atoms with Crippen LogP contribution in [0.3, 0.4) is 0 Å². The lowest BCUT2D eigenvalue weighted by atomic mass is 10.2. The first-order chi connectivity index (χ1) is 11.2. The minimum absolute atomic E-state index is 0.853. The quantitative estimate of drug-likeness (QED) is 0.722. The van der Waals surface area contributed by atoms with E-state index < -0.39 is 0 Å². The third-order valence-electron chi connectivity index (χ3n) is 4.21. The van der Waals surface area contributed by atoms with Gasteiger partial charge in [-0.05, 0) is 48.3 Å². The standard InChI is InChI=1S/C16H23BrN6/c1-14-15(17)13-23(20-14)8-3-2-7-21-9-11-22(12-10-21)16-18-5-4-6-19-16/h4-6,13H,2-3,7-12H2,1H3. The summed E-state index contributed by atoms with van der Waals surface area (Å²) in [6, 6.07) is 1.86. The van der Waals surface area contributed by atoms with Crippen molar-refractivity contribution in [2.45, 2.75) is 26.3 Å². The Hall–Kier alpha value is -1.47. The highest BCUT2D eigenvalue weighted by atomic mass is 79.9. The normalized spacial score (nSPS) is 16.0. The number of aryl methyl sites for hydroxylation is 2. The number of hydrogen-bond acceptors (Lipinski definition) is 5. The summed E-state index contributed by atoms with van der Waals surface area (Å²) in [5, 5.41) is 4.47. The largest absolute Gasteiger partial charge is 0.338 e. The fourth-order valence-electron chi connectivity index (χ4n) is 2.84. The van der Waals surface area contributed by atoms with Crippen LogP contribution in [0.4, 0.5) is 5.95 Å². The van der Waals surface area contributed by atoms with Gasteiger partial charge in [-0.25, -0.2) is 9.97 Å². The van der Waals surface area contributed by atoms with E-state index in [2.05, 4.69) is 47.0 Å². The van der Waals surface area contributed by atoms with Crippen LogP contribution >= 0.6 is 15.9 Å². The summed E-state index contributed by atoms with van der Waals surface area (Å²) in [5.41, 5.74) is 1.06. The lowest BCUT2D eigenvalue weighted by molar-refractivity contribution is 0.249. The molecule has 0 spiro atoms. The van der Waals surface area contributed by atoms with Crippen molar-refractivity contribution in [3.05, 3.63) is 34.8 Å². The molecule has 1 aliphatic heterocycles. The molecule has 7 heteroatoms. The van der Waals surface area contributed by atoms with Crippen LogP contribution in [0, 0.1) is 6.92 Å². The molecule has 2 aromatic rings. The molecule has 0 radical (unpaired) electrons. The summed E-state index contributed by atoms with van der Waals surface area (Å²) >= 11 is 3.51. The molecule has 0 aliphatic carbocycles. The second kappa shape index (κ2) is 7.88. The van der Waals surface area contributed by atoms with E-state index in [1.807, 2.05) is 30.1 Å². The topological polar surface area (TPSA) is 50.1 Å². The van der Waals surface area contributed by atoms with Crippen LogP contribution in [0.25, 0.3) is 0 Å². The Morgan fingerprint density at radius 3 is 2.39 bits per heavy atom. The van der Waals surface area contributed by atoms with E-state index in [0.29, 0.717) is 0 Å². The molecule has 1 fully saturated rings. The molecule has 3 rings (SSSR count). The van der Waals surface area contributed by atoms with Crippen molar-refractivity contribution in [2.75, 3.05) is 37.6 Å². The molecule has 0 N–H and O–H groups in total. The van der Waals surface area contributed by atoms with Crippen LogP contribution < -0.4 is 4.90 Å². The second-order valence-corrected chi connectivity index (χ2v) is 6.76. The molecule has 0 unspecified atom stereocenters. The molecule has 6 nitrogen and oxygen atoms in total. The van der Waals surface area contributed by atoms with Crippen LogP contribution in [-0.4, -0.2) is 57.4 Å². The Kier molecular flexibility index (Phi) is 5.61. The van der Waals surface area contributed by atoms with Gasteiger partial charge in [0.05, 0.1) is 10.2 Å². The molecular weight excluding hydrogens is 356 g/mol. The molecule has 0 aromatic carbocycles. The van der Waals surface area contributed by atoms with Crippen molar-refractivity contribution in [1.82, 2.24) is 24.6 Å². The number of halogens is 1. The molecule has 0 atom stereocenters. The van der Waals surface area contributed by atoms with Crippen LogP contribution in [0.1, 0.15) is 18.5 Å². The van der Waals surface area contributed by atoms with Gasteiger partial charge in [-0.2, -0.15) is 5.10 Å². The van der Waals surface area contributed by atoms with Crippen LogP contribution in [-0.2, 0) is 6.54 Å². The number of anilines is 1. The smallest absolute Gasteiger partial charge is 0.225 e. The zero-order chi connectivity index (χ0) is 16.1. The first-order valence-electron chi connectivity index (χ1n) is 8.16. The van der Waals surface area contributed by atoms with Gasteiger partial charge in [0, 0.05) is 51.3 Å². The number of aromatic nitrogens is 4. The van der Waals surface area contributed by atoms with E-state index in [4.69, 9.17) is 0 Å². The highest BCUT2D eigenvalue weighted by Gasteiger charge is 2.18. The number of piperazine rings is 1. The highest BCUT2D eigenvalue weighted by molar-refractivity contribution is 9.10. The maximum Gasteiger partial charge on any atom is 0.225 e. The zero-order valence-corrected chi connectivity index (χ0v) is 15.1. The van der Waals surface area contributed by atoms with Crippen molar-refractivity contribution in [2.24, 2.45) is 0 Å². The molecule has 0 saturated carbocycles. The van der Waals surface area contributed by atoms with Gasteiger partial charge >= 0.3 is 0 Å². The Morgan fingerprint density at radius 1 is 1.04 bits per heavy atom. The first-order valence-corrected chi connectivity index (χ1v) is 8.95. The van der Waals surface area contributed by atoms with E-state index in [1.54, 1.807) is 0 Å². The molecule has 3 heterocycles. The SMILES string of the molecule is Cc1nn(CCCCN2CCN(c3ncccn3)CC2)cc1Br. The minimum atomic E-state index is 0.853. The van der Waals surface area contributed by atoms with Gasteiger partial charge in [-0.1, -0.05) is 0 Å². The number of unbranched alkanes of at least 4 members (excludes halogenated alkanes) is 1. The predicted octanol–water partition coefficient (Wildman–Crippen LogP) is 2.35. The van der Waals surface area contributed by atoms with Gasteiger partial charge in [0.15, 0.2) is 0 Å². The average Bonchev–Trinajstić information content (AvgIpc) is 2.91. The summed E-state index contributed by atoms with van der Waals surface area (Å²) in [6.07, 6.45) is 8.05. The van der Waals surface area contributed by atoms with Gasteiger partial charge in [0.1, 0.15) is 0 Å². The summed E-state index contributed by atoms with van der Waals surface area (Å²) < 4.78 is 3.13. The van der Waals surface area contributed by atoms with Gasteiger partial charge < -0.3 is 4.90 Å². The van der Waals surface area contributed by atoms with Crippen LogP contribution in [0.2, 0.25) is 0 Å². The monoisotopic (exact) mass is 378 g/mol. The van der Waals surface area contributed by atoms with Gasteiger partial charge in [-0.3, -0.25) is 9.58 Å². The highest BCUT2D eigenvalue weighted by Crippen LogP contribution is 2.14. The molecule has 2 aromatic heterocycles. The maximum absolute atomic E-state index is 4.47. The molecule has 1 aliphatic rings. The molecule has 1 saturated heterocycles. The van der Waals surface area contributed by atoms with E-state index in [9.17, 15) is 0 Å². The van der Waals surface area contributed by atoms with E-state index >= 15 is 0 Å². The first kappa shape index (κ1) is 16.4. The third-order valence-corrected chi connectivity index (χ3v) is 4.98. The number of rotatable bonds is 6. The van der Waals surface area contributed by atoms with E-state index in [-0.39, 0.29) is 0 Å². The summed E-state index contributed by atoms with van der Waals surface area (Å²) in [4.78, 5) is 13.5. The van der Waals surface area contributed by atoms with Crippen molar-refractivity contribution in [3.63, 3.8) is 0 Å². The third kappa shape index (κ3) is 4.51. The second-order valence-electron chi connectivity index (χ2n) is 5.91. The number of hydrogen-bond donors (Lipinski definition) is 0. The van der Waals surface area contributed by atoms with Crippen LogP contribution in [0.5, 0.6) is 0 Å². The maximum atomic E-state index is 4.47. The zero-order valence-electron chi connectivity index (χ0n) is 13.5. The fourth-order valence-corrected chi connectivity index (χ4v) is 3.16. The summed E-state index contributed by atoms with van der Waals surface area (Å²) in [5.74, 6) is 0.853. The van der Waals surface area contributed by atoms with Gasteiger partial charge in [-0.15, -0.1) is 0 Å². The Morgan fingerprint density at radius 2 is 1.74 bits per heavy atom. The van der Waals surface area contributed by atoms with Crippen molar-refractivity contribution < 1.29 is 0 Å². The lowest BCUT2D eigenvalue weighted by Crippen LogP contribution is -2.47. The molecule has 23 heavy (non-hydrogen) atoms. The Labute approximate surface area is 145 Å². The number of nitrogens with zero attached hydrogens (tertiary/aromatic N) is 6. The van der Waals surface area contributed by atoms with Crippen LogP contribution in [0.15, 0.2) is 29.1 Å². The molecule has 124 valence electrons. The van der Waals surface area contributed by atoms with E-state index in [1.165, 1.54) is 6.42 Å². The summed E-state index contributed by atoms with van der Waals surface area (Å²) in [7, 11) is 0. The summed E-state index contributed by atoms with van der Waals surface area (Å²) in [6.45, 7) is 8.37. The minimum Gasteiger partial charge on any atom is -0.338 e. The molecular formula is C16H23BrN6. The Bertz CT molecular complexity index is 587.